The molecule has 33 heavy (non-hydrogen) atoms. The number of aliphatic hydroxyl groups is 1. The van der Waals surface area contributed by atoms with Crippen LogP contribution in [0.5, 0.6) is 5.75 Å². The number of piperidine rings is 1. The number of halogens is 3. The molecule has 6 heteroatoms. The van der Waals surface area contributed by atoms with Gasteiger partial charge in [0.15, 0.2) is 0 Å². The van der Waals surface area contributed by atoms with Crippen LogP contribution in [0, 0.1) is 12.8 Å². The Morgan fingerprint density at radius 2 is 1.70 bits per heavy atom. The van der Waals surface area contributed by atoms with Crippen molar-refractivity contribution >= 4 is 0 Å². The van der Waals surface area contributed by atoms with E-state index in [2.05, 4.69) is 36.1 Å². The van der Waals surface area contributed by atoms with Crippen LogP contribution in [-0.4, -0.2) is 42.4 Å². The smallest absolute Gasteiger partial charge is 0.416 e. The van der Waals surface area contributed by atoms with Crippen molar-refractivity contribution in [3.8, 4) is 5.75 Å². The van der Waals surface area contributed by atoms with E-state index in [9.17, 15) is 18.3 Å². The van der Waals surface area contributed by atoms with Gasteiger partial charge in [-0.1, -0.05) is 42.7 Å². The van der Waals surface area contributed by atoms with Crippen LogP contribution in [-0.2, 0) is 11.6 Å². The zero-order valence-electron chi connectivity index (χ0n) is 19.3. The SMILES string of the molecule is Cc1ccc(C2(C(O)CN3CCCC(COc4ccc(C(F)(F)F)cc4)C3)CCCC2)cc1. The number of likely N-dealkylation sites (tertiary alicyclic amines) is 1. The lowest BCUT2D eigenvalue weighted by atomic mass is 9.73. The van der Waals surface area contributed by atoms with Gasteiger partial charge in [-0.2, -0.15) is 13.2 Å². The molecule has 1 heterocycles. The number of benzene rings is 2. The van der Waals surface area contributed by atoms with Crippen molar-refractivity contribution in [2.75, 3.05) is 26.2 Å². The summed E-state index contributed by atoms with van der Waals surface area (Å²) in [6, 6.07) is 13.5. The molecule has 0 aromatic heterocycles. The van der Waals surface area contributed by atoms with Crippen LogP contribution in [0.25, 0.3) is 0 Å². The van der Waals surface area contributed by atoms with E-state index >= 15 is 0 Å². The maximum Gasteiger partial charge on any atom is 0.416 e. The molecule has 2 aliphatic rings. The number of ether oxygens (including phenoxy) is 1. The van der Waals surface area contributed by atoms with Crippen molar-refractivity contribution in [3.63, 3.8) is 0 Å². The number of β-amino-alcohol motifs (C(OH)–C–C–N with tert-alkyl or cyclic N) is 1. The fourth-order valence-electron chi connectivity index (χ4n) is 5.53. The molecule has 0 radical (unpaired) electrons. The van der Waals surface area contributed by atoms with E-state index < -0.39 is 17.8 Å². The molecule has 2 fully saturated rings. The summed E-state index contributed by atoms with van der Waals surface area (Å²) in [7, 11) is 0. The monoisotopic (exact) mass is 461 g/mol. The predicted octanol–water partition coefficient (Wildman–Crippen LogP) is 5.98. The third-order valence-corrected chi connectivity index (χ3v) is 7.46. The fraction of sp³-hybridized carbons (Fsp3) is 0.556. The third-order valence-electron chi connectivity index (χ3n) is 7.46. The maximum absolute atomic E-state index is 12.7. The topological polar surface area (TPSA) is 32.7 Å². The van der Waals surface area contributed by atoms with Gasteiger partial charge in [0.25, 0.3) is 0 Å². The summed E-state index contributed by atoms with van der Waals surface area (Å²) < 4.78 is 44.0. The fourth-order valence-corrected chi connectivity index (χ4v) is 5.53. The highest BCUT2D eigenvalue weighted by Gasteiger charge is 2.43. The van der Waals surface area contributed by atoms with E-state index in [1.54, 1.807) is 0 Å². The van der Waals surface area contributed by atoms with Crippen molar-refractivity contribution in [3.05, 3.63) is 65.2 Å². The highest BCUT2D eigenvalue weighted by atomic mass is 19.4. The van der Waals surface area contributed by atoms with Crippen LogP contribution in [0.1, 0.15) is 55.2 Å². The first-order valence-electron chi connectivity index (χ1n) is 12.0. The lowest BCUT2D eigenvalue weighted by Crippen LogP contribution is -2.48. The largest absolute Gasteiger partial charge is 0.493 e. The summed E-state index contributed by atoms with van der Waals surface area (Å²) >= 11 is 0. The van der Waals surface area contributed by atoms with Crippen molar-refractivity contribution in [1.82, 2.24) is 4.90 Å². The van der Waals surface area contributed by atoms with Gasteiger partial charge in [-0.05, 0) is 69.0 Å². The highest BCUT2D eigenvalue weighted by molar-refractivity contribution is 5.31. The molecule has 1 N–H and O–H groups in total. The van der Waals surface area contributed by atoms with Gasteiger partial charge in [0.2, 0.25) is 0 Å². The molecule has 2 atom stereocenters. The Hall–Kier alpha value is -2.05. The third kappa shape index (κ3) is 5.72. The summed E-state index contributed by atoms with van der Waals surface area (Å²) in [5.74, 6) is 0.761. The first-order chi connectivity index (χ1) is 15.8. The van der Waals surface area contributed by atoms with Crippen LogP contribution >= 0.6 is 0 Å². The average molecular weight is 462 g/mol. The summed E-state index contributed by atoms with van der Waals surface area (Å²) in [6.07, 6.45) is 1.64. The Morgan fingerprint density at radius 1 is 1.03 bits per heavy atom. The molecule has 180 valence electrons. The van der Waals surface area contributed by atoms with E-state index in [4.69, 9.17) is 4.74 Å². The van der Waals surface area contributed by atoms with Gasteiger partial charge >= 0.3 is 6.18 Å². The molecule has 1 saturated carbocycles. The molecule has 2 unspecified atom stereocenters. The number of hydrogen-bond donors (Lipinski definition) is 1. The van der Waals surface area contributed by atoms with Gasteiger partial charge in [-0.15, -0.1) is 0 Å². The normalized spacial score (nSPS) is 22.3. The van der Waals surface area contributed by atoms with Crippen molar-refractivity contribution < 1.29 is 23.0 Å². The lowest BCUT2D eigenvalue weighted by molar-refractivity contribution is -0.137. The first-order valence-corrected chi connectivity index (χ1v) is 12.0. The minimum Gasteiger partial charge on any atom is -0.493 e. The predicted molar refractivity (Wildman–Crippen MR) is 123 cm³/mol. The van der Waals surface area contributed by atoms with E-state index in [0.717, 1.165) is 63.7 Å². The van der Waals surface area contributed by atoms with Crippen LogP contribution in [0.3, 0.4) is 0 Å². The summed E-state index contributed by atoms with van der Waals surface area (Å²) in [6.45, 7) is 4.99. The summed E-state index contributed by atoms with van der Waals surface area (Å²) in [5.41, 5.74) is 1.64. The Balaban J connectivity index is 1.34. The van der Waals surface area contributed by atoms with E-state index in [1.165, 1.54) is 23.3 Å². The zero-order valence-corrected chi connectivity index (χ0v) is 19.3. The number of alkyl halides is 3. The average Bonchev–Trinajstić information content (AvgIpc) is 3.29. The Morgan fingerprint density at radius 3 is 2.33 bits per heavy atom. The number of aliphatic hydroxyl groups excluding tert-OH is 1. The minimum atomic E-state index is -4.33. The molecule has 1 aliphatic carbocycles. The molecular formula is C27H34F3NO2. The van der Waals surface area contributed by atoms with Crippen LogP contribution in [0.4, 0.5) is 13.2 Å². The van der Waals surface area contributed by atoms with Crippen LogP contribution in [0.15, 0.2) is 48.5 Å². The molecular weight excluding hydrogens is 427 g/mol. The number of hydrogen-bond acceptors (Lipinski definition) is 3. The molecule has 0 spiro atoms. The molecule has 1 saturated heterocycles. The maximum atomic E-state index is 12.7. The van der Waals surface area contributed by atoms with Gasteiger partial charge in [-0.3, -0.25) is 0 Å². The molecule has 2 aromatic carbocycles. The second kappa shape index (κ2) is 10.1. The molecule has 0 bridgehead atoms. The Kier molecular flexibility index (Phi) is 7.34. The van der Waals surface area contributed by atoms with Crippen molar-refractivity contribution in [2.45, 2.75) is 63.1 Å². The molecule has 2 aromatic rings. The van der Waals surface area contributed by atoms with Crippen LogP contribution in [0.2, 0.25) is 0 Å². The van der Waals surface area contributed by atoms with Crippen molar-refractivity contribution in [2.24, 2.45) is 5.92 Å². The Bertz CT molecular complexity index is 889. The second-order valence-corrected chi connectivity index (χ2v) is 9.85. The number of aryl methyl sites for hydroxylation is 1. The quantitative estimate of drug-likeness (QED) is 0.551. The second-order valence-electron chi connectivity index (χ2n) is 9.85. The van der Waals surface area contributed by atoms with E-state index in [0.29, 0.717) is 24.8 Å². The lowest BCUT2D eigenvalue weighted by Gasteiger charge is -2.40. The number of rotatable bonds is 7. The first kappa shape index (κ1) is 24.1. The minimum absolute atomic E-state index is 0.169. The van der Waals surface area contributed by atoms with Gasteiger partial charge < -0.3 is 14.7 Å². The van der Waals surface area contributed by atoms with Crippen molar-refractivity contribution in [1.29, 1.82) is 0 Å². The standard InChI is InChI=1S/C27H34F3NO2/c1-20-6-8-22(9-7-20)26(14-2-3-15-26)25(32)18-31-16-4-5-21(17-31)19-33-24-12-10-23(11-13-24)27(28,29)30/h6-13,21,25,32H,2-5,14-19H2,1H3. The van der Waals surface area contributed by atoms with Gasteiger partial charge in [-0.25, -0.2) is 0 Å². The Labute approximate surface area is 194 Å². The molecule has 1 aliphatic heterocycles. The molecule has 3 nitrogen and oxygen atoms in total. The molecule has 0 amide bonds. The van der Waals surface area contributed by atoms with Gasteiger partial charge in [0, 0.05) is 24.4 Å². The van der Waals surface area contributed by atoms with Gasteiger partial charge in [0.05, 0.1) is 18.3 Å². The highest BCUT2D eigenvalue weighted by Crippen LogP contribution is 2.44. The molecule has 4 rings (SSSR count). The summed E-state index contributed by atoms with van der Waals surface area (Å²) in [4.78, 5) is 2.34. The zero-order chi connectivity index (χ0) is 23.5. The summed E-state index contributed by atoms with van der Waals surface area (Å²) in [5, 5.41) is 11.4. The van der Waals surface area contributed by atoms with Gasteiger partial charge in [0.1, 0.15) is 5.75 Å². The van der Waals surface area contributed by atoms with Crippen LogP contribution < -0.4 is 4.74 Å². The number of nitrogens with zero attached hydrogens (tertiary/aromatic N) is 1. The van der Waals surface area contributed by atoms with E-state index in [-0.39, 0.29) is 5.41 Å². The van der Waals surface area contributed by atoms with E-state index in [1.807, 2.05) is 0 Å².